The molecule has 1 aliphatic rings. The van der Waals surface area contributed by atoms with Gasteiger partial charge in [-0.25, -0.2) is 4.98 Å². The van der Waals surface area contributed by atoms with Crippen LogP contribution in [0.2, 0.25) is 0 Å². The Labute approximate surface area is 150 Å². The molecule has 1 amide bonds. The molecular formula is C17H21N7O2. The minimum Gasteiger partial charge on any atom is -0.393 e. The number of aliphatic hydroxyl groups excluding tert-OH is 1. The van der Waals surface area contributed by atoms with Gasteiger partial charge in [0.2, 0.25) is 5.82 Å². The molecule has 0 aliphatic heterocycles. The second kappa shape index (κ2) is 6.17. The van der Waals surface area contributed by atoms with E-state index in [1.807, 2.05) is 33.2 Å². The van der Waals surface area contributed by atoms with E-state index < -0.39 is 0 Å². The summed E-state index contributed by atoms with van der Waals surface area (Å²) in [7, 11) is 1.83. The molecule has 4 rings (SSSR count). The molecule has 1 unspecified atom stereocenters. The summed E-state index contributed by atoms with van der Waals surface area (Å²) < 4.78 is 3.35. The number of rotatable bonds is 4. The first-order valence-corrected chi connectivity index (χ1v) is 8.59. The number of carbonyl (C=O) groups excluding carboxylic acids is 1. The topological polar surface area (TPSA) is 110 Å². The Morgan fingerprint density at radius 1 is 1.35 bits per heavy atom. The second-order valence-corrected chi connectivity index (χ2v) is 6.98. The maximum Gasteiger partial charge on any atom is 0.290 e. The van der Waals surface area contributed by atoms with E-state index in [2.05, 4.69) is 25.6 Å². The lowest BCUT2D eigenvalue weighted by Gasteiger charge is -2.37. The van der Waals surface area contributed by atoms with Gasteiger partial charge >= 0.3 is 0 Å². The average molecular weight is 355 g/mol. The summed E-state index contributed by atoms with van der Waals surface area (Å²) >= 11 is 0. The number of aromatic nitrogens is 6. The summed E-state index contributed by atoms with van der Waals surface area (Å²) in [6.07, 6.45) is 4.63. The predicted molar refractivity (Wildman–Crippen MR) is 92.4 cm³/mol. The van der Waals surface area contributed by atoms with Gasteiger partial charge in [0.15, 0.2) is 0 Å². The molecule has 0 bridgehead atoms. The summed E-state index contributed by atoms with van der Waals surface area (Å²) in [5.41, 5.74) is 2.59. The third-order valence-electron chi connectivity index (χ3n) is 4.89. The smallest absolute Gasteiger partial charge is 0.290 e. The summed E-state index contributed by atoms with van der Waals surface area (Å²) in [5.74, 6) is 0.462. The second-order valence-electron chi connectivity index (χ2n) is 6.98. The maximum absolute atomic E-state index is 12.9. The first kappa shape index (κ1) is 16.6. The maximum atomic E-state index is 12.9. The fraction of sp³-hybridized carbons (Fsp3) is 0.471. The lowest BCUT2D eigenvalue weighted by Crippen LogP contribution is -2.41. The zero-order chi connectivity index (χ0) is 18.4. The van der Waals surface area contributed by atoms with Crippen molar-refractivity contribution < 1.29 is 9.90 Å². The number of hydrogen-bond donors (Lipinski definition) is 2. The fourth-order valence-corrected chi connectivity index (χ4v) is 3.56. The molecule has 0 radical (unpaired) electrons. The molecule has 0 aromatic carbocycles. The van der Waals surface area contributed by atoms with Crippen LogP contribution in [0.4, 0.5) is 0 Å². The normalized spacial score (nSPS) is 20.8. The van der Waals surface area contributed by atoms with Crippen LogP contribution in [0.15, 0.2) is 18.5 Å². The molecule has 9 heteroatoms. The van der Waals surface area contributed by atoms with Gasteiger partial charge in [0.25, 0.3) is 11.7 Å². The van der Waals surface area contributed by atoms with Crippen LogP contribution >= 0.6 is 0 Å². The molecule has 2 N–H and O–H groups in total. The quantitative estimate of drug-likeness (QED) is 0.713. The van der Waals surface area contributed by atoms with E-state index in [0.29, 0.717) is 18.6 Å². The van der Waals surface area contributed by atoms with Crippen molar-refractivity contribution in [3.05, 3.63) is 41.2 Å². The van der Waals surface area contributed by atoms with Gasteiger partial charge in [-0.2, -0.15) is 5.10 Å². The molecule has 1 aliphatic carbocycles. The number of aryl methyl sites for hydroxylation is 3. The standard InChI is InChI=1S/C17H21N7O2/c1-9-4-10(2)24-15(21-22-17(24)19-9)16(26)20-14(11-5-13(25)6-11)12-7-18-23(3)8-12/h4,7-8,11,13-14,25H,5-6H2,1-3H3,(H,20,26). The van der Waals surface area contributed by atoms with Crippen molar-refractivity contribution >= 4 is 11.7 Å². The molecule has 3 heterocycles. The number of nitrogens with one attached hydrogen (secondary N) is 1. The van der Waals surface area contributed by atoms with E-state index in [4.69, 9.17) is 0 Å². The largest absolute Gasteiger partial charge is 0.393 e. The highest BCUT2D eigenvalue weighted by atomic mass is 16.3. The molecule has 1 fully saturated rings. The van der Waals surface area contributed by atoms with Crippen molar-refractivity contribution in [2.24, 2.45) is 13.0 Å². The molecule has 136 valence electrons. The van der Waals surface area contributed by atoms with Crippen LogP contribution in [-0.2, 0) is 7.05 Å². The monoisotopic (exact) mass is 355 g/mol. The van der Waals surface area contributed by atoms with E-state index in [1.165, 1.54) is 0 Å². The lowest BCUT2D eigenvalue weighted by atomic mass is 9.75. The Kier molecular flexibility index (Phi) is 3.95. The number of nitrogens with zero attached hydrogens (tertiary/aromatic N) is 6. The van der Waals surface area contributed by atoms with E-state index in [9.17, 15) is 9.90 Å². The molecule has 26 heavy (non-hydrogen) atoms. The van der Waals surface area contributed by atoms with Gasteiger partial charge in [-0.05, 0) is 38.7 Å². The van der Waals surface area contributed by atoms with Crippen LogP contribution in [0.3, 0.4) is 0 Å². The van der Waals surface area contributed by atoms with Crippen molar-refractivity contribution in [2.75, 3.05) is 0 Å². The van der Waals surface area contributed by atoms with Gasteiger partial charge in [0.05, 0.1) is 18.3 Å². The first-order valence-electron chi connectivity index (χ1n) is 8.59. The minimum absolute atomic E-state index is 0.166. The molecule has 0 spiro atoms. The van der Waals surface area contributed by atoms with Gasteiger partial charge in [0, 0.05) is 30.2 Å². The van der Waals surface area contributed by atoms with E-state index in [1.54, 1.807) is 15.3 Å². The Bertz CT molecular complexity index is 971. The third kappa shape index (κ3) is 2.84. The number of aliphatic hydroxyl groups is 1. The molecule has 3 aromatic rings. The minimum atomic E-state index is -0.318. The van der Waals surface area contributed by atoms with Gasteiger partial charge in [-0.1, -0.05) is 0 Å². The van der Waals surface area contributed by atoms with E-state index >= 15 is 0 Å². The molecule has 1 atom stereocenters. The third-order valence-corrected chi connectivity index (χ3v) is 4.89. The number of fused-ring (bicyclic) bond motifs is 1. The summed E-state index contributed by atoms with van der Waals surface area (Å²) in [5, 5.41) is 25.0. The van der Waals surface area contributed by atoms with Gasteiger partial charge < -0.3 is 10.4 Å². The Morgan fingerprint density at radius 2 is 2.12 bits per heavy atom. The highest BCUT2D eigenvalue weighted by Gasteiger charge is 2.37. The number of amides is 1. The SMILES string of the molecule is Cc1cc(C)n2c(C(=O)NC(c3cnn(C)c3)C3CC(O)C3)nnc2n1. The van der Waals surface area contributed by atoms with Crippen LogP contribution in [0.25, 0.3) is 5.78 Å². The van der Waals surface area contributed by atoms with Crippen molar-refractivity contribution in [2.45, 2.75) is 38.8 Å². The summed E-state index contributed by atoms with van der Waals surface area (Å²) in [6.45, 7) is 3.77. The predicted octanol–water partition coefficient (Wildman–Crippen LogP) is 0.717. The van der Waals surface area contributed by atoms with Gasteiger partial charge in [-0.3, -0.25) is 13.9 Å². The van der Waals surface area contributed by atoms with Crippen LogP contribution in [0.1, 0.15) is 46.5 Å². The van der Waals surface area contributed by atoms with Crippen molar-refractivity contribution in [3.8, 4) is 0 Å². The highest BCUT2D eigenvalue weighted by Crippen LogP contribution is 2.38. The lowest BCUT2D eigenvalue weighted by molar-refractivity contribution is 0.0234. The van der Waals surface area contributed by atoms with Crippen LogP contribution < -0.4 is 5.32 Å². The van der Waals surface area contributed by atoms with Crippen LogP contribution in [0.5, 0.6) is 0 Å². The summed E-state index contributed by atoms with van der Waals surface area (Å²) in [4.78, 5) is 17.2. The van der Waals surface area contributed by atoms with Crippen molar-refractivity contribution in [1.82, 2.24) is 34.7 Å². The fourth-order valence-electron chi connectivity index (χ4n) is 3.56. The van der Waals surface area contributed by atoms with Crippen molar-refractivity contribution in [1.29, 1.82) is 0 Å². The average Bonchev–Trinajstić information content (AvgIpc) is 3.16. The highest BCUT2D eigenvalue weighted by molar-refractivity contribution is 5.91. The molecule has 3 aromatic heterocycles. The van der Waals surface area contributed by atoms with E-state index in [0.717, 1.165) is 17.0 Å². The Morgan fingerprint density at radius 3 is 2.77 bits per heavy atom. The zero-order valence-corrected chi connectivity index (χ0v) is 14.9. The van der Waals surface area contributed by atoms with Gasteiger partial charge in [-0.15, -0.1) is 10.2 Å². The molecule has 1 saturated carbocycles. The van der Waals surface area contributed by atoms with Crippen molar-refractivity contribution in [3.63, 3.8) is 0 Å². The zero-order valence-electron chi connectivity index (χ0n) is 14.9. The molecular weight excluding hydrogens is 334 g/mol. The number of carbonyl (C=O) groups is 1. The summed E-state index contributed by atoms with van der Waals surface area (Å²) in [6, 6.07) is 1.65. The molecule has 9 nitrogen and oxygen atoms in total. The first-order chi connectivity index (χ1) is 12.4. The van der Waals surface area contributed by atoms with Crippen LogP contribution in [0, 0.1) is 19.8 Å². The van der Waals surface area contributed by atoms with Gasteiger partial charge in [0.1, 0.15) is 0 Å². The Balaban J connectivity index is 1.65. The Hall–Kier alpha value is -2.81. The molecule has 0 saturated heterocycles. The van der Waals surface area contributed by atoms with E-state index in [-0.39, 0.29) is 29.8 Å². The van der Waals surface area contributed by atoms with Crippen LogP contribution in [-0.4, -0.2) is 46.5 Å². The number of hydrogen-bond acceptors (Lipinski definition) is 6.